The molecule has 7 heteroatoms. The average Bonchev–Trinajstić information content (AvgIpc) is 3.11. The molecule has 136 valence electrons. The van der Waals surface area contributed by atoms with E-state index in [0.717, 1.165) is 21.5 Å². The number of thioether (sulfide) groups is 1. The Morgan fingerprint density at radius 2 is 1.85 bits per heavy atom. The van der Waals surface area contributed by atoms with Gasteiger partial charge in [-0.05, 0) is 18.2 Å². The van der Waals surface area contributed by atoms with Gasteiger partial charge in [-0.3, -0.25) is 14.4 Å². The van der Waals surface area contributed by atoms with Gasteiger partial charge in [0.1, 0.15) is 0 Å². The fourth-order valence-electron chi connectivity index (χ4n) is 2.96. The molecule has 3 aromatic rings. The highest BCUT2D eigenvalue weighted by Gasteiger charge is 2.29. The summed E-state index contributed by atoms with van der Waals surface area (Å²) in [6.45, 7) is -0.351. The van der Waals surface area contributed by atoms with Crippen LogP contribution < -0.4 is 5.32 Å². The van der Waals surface area contributed by atoms with Gasteiger partial charge in [-0.1, -0.05) is 30.3 Å². The van der Waals surface area contributed by atoms with Crippen LogP contribution >= 0.6 is 11.8 Å². The predicted octanol–water partition coefficient (Wildman–Crippen LogP) is 3.40. The zero-order valence-electron chi connectivity index (χ0n) is 14.2. The Morgan fingerprint density at radius 1 is 1.07 bits per heavy atom. The van der Waals surface area contributed by atoms with Crippen molar-refractivity contribution < 1.29 is 19.1 Å². The molecule has 1 aliphatic rings. The summed E-state index contributed by atoms with van der Waals surface area (Å²) < 4.78 is 5.12. The molecule has 2 N–H and O–H groups in total. The number of benzene rings is 2. The summed E-state index contributed by atoms with van der Waals surface area (Å²) in [4.78, 5) is 40.6. The first-order valence-corrected chi connectivity index (χ1v) is 9.31. The fourth-order valence-corrected chi connectivity index (χ4v) is 4.06. The highest BCUT2D eigenvalue weighted by Crippen LogP contribution is 2.36. The van der Waals surface area contributed by atoms with Crippen molar-refractivity contribution in [2.75, 3.05) is 11.9 Å². The molecule has 0 saturated heterocycles. The summed E-state index contributed by atoms with van der Waals surface area (Å²) in [6, 6.07) is 14.8. The SMILES string of the molecule is O=C(C[C@H]1Sc2ccccc2NC1=O)OCC(=O)c1c[nH]c2ccccc12. The van der Waals surface area contributed by atoms with Crippen molar-refractivity contribution >= 4 is 46.0 Å². The monoisotopic (exact) mass is 380 g/mol. The number of anilines is 1. The van der Waals surface area contributed by atoms with E-state index in [1.54, 1.807) is 6.20 Å². The van der Waals surface area contributed by atoms with Crippen LogP contribution in [-0.2, 0) is 14.3 Å². The van der Waals surface area contributed by atoms with Crippen molar-refractivity contribution in [1.29, 1.82) is 0 Å². The number of H-pyrrole nitrogens is 1. The van der Waals surface area contributed by atoms with Crippen molar-refractivity contribution in [2.45, 2.75) is 16.6 Å². The maximum absolute atomic E-state index is 12.4. The van der Waals surface area contributed by atoms with E-state index in [1.807, 2.05) is 48.5 Å². The van der Waals surface area contributed by atoms with Gasteiger partial charge in [0.05, 0.1) is 17.4 Å². The molecule has 2 heterocycles. The number of Topliss-reactive ketones (excluding diaryl/α,β-unsaturated/α-hetero) is 1. The highest BCUT2D eigenvalue weighted by atomic mass is 32.2. The standard InChI is InChI=1S/C20H16N2O4S/c23-16(13-10-21-14-6-2-1-5-12(13)14)11-26-19(24)9-18-20(25)22-15-7-3-4-8-17(15)27-18/h1-8,10,18,21H,9,11H2,(H,22,25)/t18-/m1/s1. The molecule has 6 nitrogen and oxygen atoms in total. The van der Waals surface area contributed by atoms with Gasteiger partial charge in [0.2, 0.25) is 11.7 Å². The molecule has 0 spiro atoms. The van der Waals surface area contributed by atoms with Gasteiger partial charge >= 0.3 is 5.97 Å². The molecule has 1 atom stereocenters. The van der Waals surface area contributed by atoms with Crippen molar-refractivity contribution in [3.8, 4) is 0 Å². The summed E-state index contributed by atoms with van der Waals surface area (Å²) in [6.07, 6.45) is 1.52. The topological polar surface area (TPSA) is 88.3 Å². The Hall–Kier alpha value is -3.06. The number of esters is 1. The van der Waals surface area contributed by atoms with Crippen LogP contribution in [0.4, 0.5) is 5.69 Å². The summed E-state index contributed by atoms with van der Waals surface area (Å²) in [7, 11) is 0. The summed E-state index contributed by atoms with van der Waals surface area (Å²) >= 11 is 1.32. The van der Waals surface area contributed by atoms with E-state index in [9.17, 15) is 14.4 Å². The molecule has 1 aromatic heterocycles. The van der Waals surface area contributed by atoms with E-state index in [-0.39, 0.29) is 24.7 Å². The Morgan fingerprint density at radius 3 is 2.74 bits per heavy atom. The number of carbonyl (C=O) groups is 3. The lowest BCUT2D eigenvalue weighted by atomic mass is 10.1. The zero-order chi connectivity index (χ0) is 18.8. The molecule has 1 amide bonds. The van der Waals surface area contributed by atoms with E-state index in [2.05, 4.69) is 10.3 Å². The maximum Gasteiger partial charge on any atom is 0.307 e. The molecule has 0 radical (unpaired) electrons. The van der Waals surface area contributed by atoms with E-state index >= 15 is 0 Å². The van der Waals surface area contributed by atoms with Crippen LogP contribution in [0.1, 0.15) is 16.8 Å². The van der Waals surface area contributed by atoms with Crippen molar-refractivity contribution in [3.63, 3.8) is 0 Å². The molecule has 27 heavy (non-hydrogen) atoms. The molecule has 4 rings (SSSR count). The number of rotatable bonds is 5. The Kier molecular flexibility index (Phi) is 4.68. The van der Waals surface area contributed by atoms with E-state index in [1.165, 1.54) is 11.8 Å². The second-order valence-corrected chi connectivity index (χ2v) is 7.37. The largest absolute Gasteiger partial charge is 0.457 e. The van der Waals surface area contributed by atoms with Crippen LogP contribution in [0, 0.1) is 0 Å². The van der Waals surface area contributed by atoms with Crippen molar-refractivity contribution in [1.82, 2.24) is 4.98 Å². The lowest BCUT2D eigenvalue weighted by Gasteiger charge is -2.23. The minimum Gasteiger partial charge on any atom is -0.457 e. The number of amides is 1. The first-order valence-electron chi connectivity index (χ1n) is 8.43. The normalized spacial score (nSPS) is 15.9. The molecule has 0 fully saturated rings. The van der Waals surface area contributed by atoms with Crippen LogP contribution in [0.5, 0.6) is 0 Å². The predicted molar refractivity (Wildman–Crippen MR) is 103 cm³/mol. The van der Waals surface area contributed by atoms with Crippen LogP contribution in [0.25, 0.3) is 10.9 Å². The van der Waals surface area contributed by atoms with E-state index in [0.29, 0.717) is 5.56 Å². The zero-order valence-corrected chi connectivity index (χ0v) is 15.0. The number of carbonyl (C=O) groups excluding carboxylic acids is 3. The molecule has 1 aliphatic heterocycles. The van der Waals surface area contributed by atoms with Gasteiger partial charge in [0.25, 0.3) is 0 Å². The molecule has 0 unspecified atom stereocenters. The molecular formula is C20H16N2O4S. The van der Waals surface area contributed by atoms with Gasteiger partial charge in [-0.15, -0.1) is 11.8 Å². The average molecular weight is 380 g/mol. The fraction of sp³-hybridized carbons (Fsp3) is 0.150. The number of ether oxygens (including phenoxy) is 1. The number of hydrogen-bond acceptors (Lipinski definition) is 5. The third-order valence-corrected chi connectivity index (χ3v) is 5.59. The molecule has 2 aromatic carbocycles. The lowest BCUT2D eigenvalue weighted by molar-refractivity contribution is -0.143. The number of nitrogens with one attached hydrogen (secondary N) is 2. The first kappa shape index (κ1) is 17.4. The maximum atomic E-state index is 12.4. The smallest absolute Gasteiger partial charge is 0.307 e. The van der Waals surface area contributed by atoms with E-state index < -0.39 is 11.2 Å². The van der Waals surface area contributed by atoms with Gasteiger partial charge in [-0.2, -0.15) is 0 Å². The molecule has 0 saturated carbocycles. The Balaban J connectivity index is 1.36. The number of fused-ring (bicyclic) bond motifs is 2. The van der Waals surface area contributed by atoms with Crippen LogP contribution in [0.2, 0.25) is 0 Å². The molecule has 0 bridgehead atoms. The second-order valence-electron chi connectivity index (χ2n) is 6.13. The molecular weight excluding hydrogens is 364 g/mol. The second kappa shape index (κ2) is 7.28. The minimum atomic E-state index is -0.574. The third kappa shape index (κ3) is 3.59. The van der Waals surface area contributed by atoms with Crippen LogP contribution in [0.15, 0.2) is 59.6 Å². The number of aromatic amines is 1. The van der Waals surface area contributed by atoms with Crippen molar-refractivity contribution in [2.24, 2.45) is 0 Å². The van der Waals surface area contributed by atoms with Gasteiger partial charge in [0, 0.05) is 27.6 Å². The number of aromatic nitrogens is 1. The Labute approximate surface area is 159 Å². The van der Waals surface area contributed by atoms with Crippen LogP contribution in [0.3, 0.4) is 0 Å². The van der Waals surface area contributed by atoms with Gasteiger partial charge in [0.15, 0.2) is 6.61 Å². The third-order valence-electron chi connectivity index (χ3n) is 4.31. The highest BCUT2D eigenvalue weighted by molar-refractivity contribution is 8.01. The van der Waals surface area contributed by atoms with Gasteiger partial charge < -0.3 is 15.0 Å². The van der Waals surface area contributed by atoms with Crippen LogP contribution in [-0.4, -0.2) is 34.5 Å². The minimum absolute atomic E-state index is 0.0913. The lowest BCUT2D eigenvalue weighted by Crippen LogP contribution is -2.31. The Bertz CT molecular complexity index is 1040. The first-order chi connectivity index (χ1) is 13.1. The van der Waals surface area contributed by atoms with Gasteiger partial charge in [-0.25, -0.2) is 0 Å². The number of ketones is 1. The number of hydrogen-bond donors (Lipinski definition) is 2. The quantitative estimate of drug-likeness (QED) is 0.523. The van der Waals surface area contributed by atoms with E-state index in [4.69, 9.17) is 4.74 Å². The summed E-state index contributed by atoms with van der Waals surface area (Å²) in [5.41, 5.74) is 2.07. The summed E-state index contributed by atoms with van der Waals surface area (Å²) in [5, 5.41) is 3.00. The number of para-hydroxylation sites is 2. The summed E-state index contributed by atoms with van der Waals surface area (Å²) in [5.74, 6) is -1.10. The molecule has 0 aliphatic carbocycles. The van der Waals surface area contributed by atoms with Crippen molar-refractivity contribution in [3.05, 3.63) is 60.3 Å².